The molecule has 1 saturated carbocycles. The maximum atomic E-state index is 12.0. The number of hydrogen-bond donors (Lipinski definition) is 2. The van der Waals surface area contributed by atoms with Crippen LogP contribution in [0.2, 0.25) is 0 Å². The minimum Gasteiger partial charge on any atom is -0.507 e. The third-order valence-electron chi connectivity index (χ3n) is 4.00. The predicted molar refractivity (Wildman–Crippen MR) is 97.6 cm³/mol. The van der Waals surface area contributed by atoms with E-state index in [1.165, 1.54) is 12.1 Å². The third kappa shape index (κ3) is 5.28. The molecule has 9 nitrogen and oxygen atoms in total. The summed E-state index contributed by atoms with van der Waals surface area (Å²) in [5.74, 6) is -1.92. The minimum atomic E-state index is -0.866. The Balaban J connectivity index is 2.02. The van der Waals surface area contributed by atoms with Crippen molar-refractivity contribution in [1.29, 1.82) is 0 Å². The maximum Gasteiger partial charge on any atom is 0.407 e. The highest BCUT2D eigenvalue weighted by molar-refractivity contribution is 6.05. The molecule has 1 aromatic rings. The number of rotatable bonds is 5. The lowest BCUT2D eigenvalue weighted by molar-refractivity contribution is 0.0360. The number of carbonyl (C=O) groups excluding carboxylic acids is 3. The summed E-state index contributed by atoms with van der Waals surface area (Å²) in [4.78, 5) is 35.5. The van der Waals surface area contributed by atoms with Crippen molar-refractivity contribution >= 4 is 18.0 Å². The molecular formula is C19H25NO8. The van der Waals surface area contributed by atoms with E-state index in [0.717, 1.165) is 14.2 Å². The molecule has 1 aliphatic carbocycles. The van der Waals surface area contributed by atoms with Crippen LogP contribution >= 0.6 is 0 Å². The van der Waals surface area contributed by atoms with Gasteiger partial charge in [-0.1, -0.05) is 0 Å². The zero-order valence-corrected chi connectivity index (χ0v) is 16.5. The Hall–Kier alpha value is -2.97. The van der Waals surface area contributed by atoms with E-state index in [2.05, 4.69) is 14.8 Å². The smallest absolute Gasteiger partial charge is 0.407 e. The van der Waals surface area contributed by atoms with E-state index < -0.39 is 29.4 Å². The molecule has 0 unspecified atom stereocenters. The molecule has 1 aliphatic rings. The number of aromatic hydroxyl groups is 1. The van der Waals surface area contributed by atoms with Gasteiger partial charge in [0, 0.05) is 24.9 Å². The summed E-state index contributed by atoms with van der Waals surface area (Å²) in [6, 6.07) is 2.45. The third-order valence-corrected chi connectivity index (χ3v) is 4.00. The molecule has 2 N–H and O–H groups in total. The molecule has 28 heavy (non-hydrogen) atoms. The highest BCUT2D eigenvalue weighted by Crippen LogP contribution is 2.33. The van der Waals surface area contributed by atoms with Crippen LogP contribution in [0.15, 0.2) is 12.1 Å². The van der Waals surface area contributed by atoms with Crippen molar-refractivity contribution in [3.8, 4) is 11.5 Å². The van der Waals surface area contributed by atoms with Gasteiger partial charge in [-0.3, -0.25) is 0 Å². The first-order valence-corrected chi connectivity index (χ1v) is 8.74. The van der Waals surface area contributed by atoms with Crippen LogP contribution in [0, 0.1) is 0 Å². The van der Waals surface area contributed by atoms with Crippen LogP contribution in [0.5, 0.6) is 11.5 Å². The molecule has 2 rings (SSSR count). The molecule has 9 heteroatoms. The Kier molecular flexibility index (Phi) is 6.37. The number of benzene rings is 1. The van der Waals surface area contributed by atoms with E-state index >= 15 is 0 Å². The molecule has 0 radical (unpaired) electrons. The number of ether oxygens (including phenoxy) is 4. The number of phenols is 1. The summed E-state index contributed by atoms with van der Waals surface area (Å²) >= 11 is 0. The second-order valence-electron chi connectivity index (χ2n) is 7.40. The van der Waals surface area contributed by atoms with E-state index in [1.807, 2.05) is 0 Å². The summed E-state index contributed by atoms with van der Waals surface area (Å²) < 4.78 is 20.2. The predicted octanol–water partition coefficient (Wildman–Crippen LogP) is 2.40. The first-order valence-electron chi connectivity index (χ1n) is 8.74. The second kappa shape index (κ2) is 8.37. The van der Waals surface area contributed by atoms with Crippen molar-refractivity contribution in [2.75, 3.05) is 14.2 Å². The van der Waals surface area contributed by atoms with Gasteiger partial charge in [-0.05, 0) is 26.8 Å². The van der Waals surface area contributed by atoms with Crippen molar-refractivity contribution in [2.45, 2.75) is 51.4 Å². The quantitative estimate of drug-likeness (QED) is 0.576. The lowest BCUT2D eigenvalue weighted by Crippen LogP contribution is -2.50. The maximum absolute atomic E-state index is 12.0. The number of methoxy groups -OCH3 is 2. The first-order chi connectivity index (χ1) is 13.0. The standard InChI is InChI=1S/C19H25NO8/c1-19(2,3)28-18(24)20-10-6-11(7-10)27-12-8-13(16(22)25-4)15(14(21)9-12)17(23)26-5/h8-11,21H,6-7H2,1-5H3,(H,20,24)/t10-,11-. The van der Waals surface area contributed by atoms with Gasteiger partial charge in [0.1, 0.15) is 28.8 Å². The first kappa shape index (κ1) is 21.3. The SMILES string of the molecule is COC(=O)c1cc(O[C@H]2C[C@H](NC(=O)OC(C)(C)C)C2)cc(O)c1C(=O)OC. The Labute approximate surface area is 162 Å². The van der Waals surface area contributed by atoms with Crippen LogP contribution in [0.4, 0.5) is 4.79 Å². The van der Waals surface area contributed by atoms with Crippen LogP contribution in [0.25, 0.3) is 0 Å². The van der Waals surface area contributed by atoms with E-state index in [-0.39, 0.29) is 29.0 Å². The zero-order chi connectivity index (χ0) is 21.1. The molecule has 0 aliphatic heterocycles. The second-order valence-corrected chi connectivity index (χ2v) is 7.40. The number of phenolic OH excluding ortho intramolecular Hbond substituents is 1. The molecule has 0 bridgehead atoms. The molecule has 0 aromatic heterocycles. The van der Waals surface area contributed by atoms with Crippen LogP contribution < -0.4 is 10.1 Å². The normalized spacial score (nSPS) is 18.5. The van der Waals surface area contributed by atoms with Gasteiger partial charge in [0.2, 0.25) is 0 Å². The summed E-state index contributed by atoms with van der Waals surface area (Å²) in [6.07, 6.45) is 0.344. The van der Waals surface area contributed by atoms with Crippen molar-refractivity contribution in [3.05, 3.63) is 23.3 Å². The molecule has 0 heterocycles. The fourth-order valence-electron chi connectivity index (χ4n) is 2.70. The molecular weight excluding hydrogens is 370 g/mol. The minimum absolute atomic E-state index is 0.0946. The van der Waals surface area contributed by atoms with Crippen LogP contribution in [-0.4, -0.2) is 55.1 Å². The fourth-order valence-corrected chi connectivity index (χ4v) is 2.70. The van der Waals surface area contributed by atoms with Crippen molar-refractivity contribution in [1.82, 2.24) is 5.32 Å². The molecule has 1 amide bonds. The monoisotopic (exact) mass is 395 g/mol. The van der Waals surface area contributed by atoms with E-state index in [4.69, 9.17) is 9.47 Å². The molecule has 1 aromatic carbocycles. The average Bonchev–Trinajstić information content (AvgIpc) is 2.56. The largest absolute Gasteiger partial charge is 0.507 e. The van der Waals surface area contributed by atoms with Gasteiger partial charge in [-0.15, -0.1) is 0 Å². The van der Waals surface area contributed by atoms with Crippen molar-refractivity contribution in [2.24, 2.45) is 0 Å². The van der Waals surface area contributed by atoms with Gasteiger partial charge < -0.3 is 29.4 Å². The summed E-state index contributed by atoms with van der Waals surface area (Å²) in [5, 5.41) is 12.9. The van der Waals surface area contributed by atoms with Gasteiger partial charge in [-0.25, -0.2) is 14.4 Å². The van der Waals surface area contributed by atoms with Crippen molar-refractivity contribution in [3.63, 3.8) is 0 Å². The zero-order valence-electron chi connectivity index (χ0n) is 16.5. The molecule has 154 valence electrons. The lowest BCUT2D eigenvalue weighted by atomic mass is 9.89. The van der Waals surface area contributed by atoms with E-state index in [9.17, 15) is 19.5 Å². The van der Waals surface area contributed by atoms with Crippen LogP contribution in [0.1, 0.15) is 54.3 Å². The number of amides is 1. The number of hydrogen-bond acceptors (Lipinski definition) is 8. The number of esters is 2. The van der Waals surface area contributed by atoms with Gasteiger partial charge in [-0.2, -0.15) is 0 Å². The number of alkyl carbamates (subject to hydrolysis) is 1. The summed E-state index contributed by atoms with van der Waals surface area (Å²) in [5.41, 5.74) is -1.03. The fraction of sp³-hybridized carbons (Fsp3) is 0.526. The van der Waals surface area contributed by atoms with Gasteiger partial charge in [0.05, 0.1) is 19.8 Å². The molecule has 0 saturated heterocycles. The van der Waals surface area contributed by atoms with Crippen LogP contribution in [0.3, 0.4) is 0 Å². The van der Waals surface area contributed by atoms with Crippen molar-refractivity contribution < 1.29 is 38.4 Å². The Morgan fingerprint density at radius 3 is 2.21 bits per heavy atom. The lowest BCUT2D eigenvalue weighted by Gasteiger charge is -2.36. The van der Waals surface area contributed by atoms with Crippen LogP contribution in [-0.2, 0) is 14.2 Å². The van der Waals surface area contributed by atoms with Gasteiger partial charge in [0.25, 0.3) is 0 Å². The van der Waals surface area contributed by atoms with E-state index in [1.54, 1.807) is 20.8 Å². The molecule has 1 fully saturated rings. The van der Waals surface area contributed by atoms with Gasteiger partial charge >= 0.3 is 18.0 Å². The van der Waals surface area contributed by atoms with Gasteiger partial charge in [0.15, 0.2) is 0 Å². The average molecular weight is 395 g/mol. The highest BCUT2D eigenvalue weighted by atomic mass is 16.6. The Morgan fingerprint density at radius 2 is 1.68 bits per heavy atom. The Bertz CT molecular complexity index is 762. The highest BCUT2D eigenvalue weighted by Gasteiger charge is 2.34. The van der Waals surface area contributed by atoms with E-state index in [0.29, 0.717) is 12.8 Å². The Morgan fingerprint density at radius 1 is 1.07 bits per heavy atom. The molecule has 0 atom stereocenters. The summed E-state index contributed by atoms with van der Waals surface area (Å²) in [7, 11) is 2.30. The number of nitrogens with one attached hydrogen (secondary N) is 1. The topological polar surface area (TPSA) is 120 Å². The summed E-state index contributed by atoms with van der Waals surface area (Å²) in [6.45, 7) is 5.34. The number of carbonyl (C=O) groups is 3. The molecule has 0 spiro atoms.